The van der Waals surface area contributed by atoms with Gasteiger partial charge in [0.2, 0.25) is 9.84 Å². The summed E-state index contributed by atoms with van der Waals surface area (Å²) < 4.78 is 26.1. The molecule has 1 saturated carbocycles. The van der Waals surface area contributed by atoms with Crippen molar-refractivity contribution in [1.82, 2.24) is 14.8 Å². The lowest BCUT2D eigenvalue weighted by Gasteiger charge is -2.54. The van der Waals surface area contributed by atoms with E-state index in [-0.39, 0.29) is 0 Å². The van der Waals surface area contributed by atoms with Gasteiger partial charge in [-0.25, -0.2) is 8.42 Å². The highest BCUT2D eigenvalue weighted by molar-refractivity contribution is 7.91. The zero-order valence-electron chi connectivity index (χ0n) is 25.8. The number of hydrogen-bond donors (Lipinski definition) is 0. The Kier molecular flexibility index (Phi) is 7.85. The molecule has 43 heavy (non-hydrogen) atoms. The van der Waals surface area contributed by atoms with Crippen LogP contribution in [0, 0.1) is 24.7 Å². The maximum atomic E-state index is 13.1. The van der Waals surface area contributed by atoms with Gasteiger partial charge >= 0.3 is 0 Å². The van der Waals surface area contributed by atoms with Crippen LogP contribution in [-0.2, 0) is 21.8 Å². The Labute approximate surface area is 258 Å². The minimum Gasteiger partial charge on any atom is -0.371 e. The molecule has 3 aliphatic heterocycles. The highest BCUT2D eigenvalue weighted by Gasteiger charge is 2.51. The molecule has 0 amide bonds. The summed E-state index contributed by atoms with van der Waals surface area (Å²) in [4.78, 5) is 12.5. The first-order valence-corrected chi connectivity index (χ1v) is 17.8. The Morgan fingerprint density at radius 2 is 1.58 bits per heavy atom. The number of rotatable bonds is 7. The Bertz CT molecular complexity index is 1540. The third-order valence-electron chi connectivity index (χ3n) is 11.1. The number of hydrogen-bond acceptors (Lipinski definition) is 6. The molecule has 0 radical (unpaired) electrons. The molecule has 2 aromatic carbocycles. The summed E-state index contributed by atoms with van der Waals surface area (Å²) in [6.07, 6.45) is 9.77. The van der Waals surface area contributed by atoms with Crippen molar-refractivity contribution in [3.63, 3.8) is 0 Å². The molecule has 0 N–H and O–H groups in total. The average molecular weight is 599 g/mol. The van der Waals surface area contributed by atoms with E-state index in [4.69, 9.17) is 0 Å². The molecule has 228 valence electrons. The topological polar surface area (TPSA) is 56.8 Å². The summed E-state index contributed by atoms with van der Waals surface area (Å²) >= 11 is 0. The van der Waals surface area contributed by atoms with Crippen molar-refractivity contribution in [2.75, 3.05) is 51.2 Å². The number of benzene rings is 2. The lowest BCUT2D eigenvalue weighted by molar-refractivity contribution is 0.0420. The van der Waals surface area contributed by atoms with Gasteiger partial charge in [-0.1, -0.05) is 37.1 Å². The average Bonchev–Trinajstić information content (AvgIpc) is 3.54. The number of fused-ring (bicyclic) bond motifs is 1. The maximum Gasteiger partial charge on any atom is 0.206 e. The highest BCUT2D eigenvalue weighted by atomic mass is 32.2. The van der Waals surface area contributed by atoms with Crippen molar-refractivity contribution in [2.45, 2.75) is 67.2 Å². The zero-order valence-corrected chi connectivity index (χ0v) is 26.6. The SMILES string of the molecule is Cc1cc(S(=O)(=O)c2ccc(N3CC(CN4CCC(C5(C6CCCC6)CN(C)Cc6ccccc65)CC4)C3)cc2)ccn1. The minimum atomic E-state index is -3.53. The maximum absolute atomic E-state index is 13.1. The molecule has 6 nitrogen and oxygen atoms in total. The van der Waals surface area contributed by atoms with Gasteiger partial charge in [-0.15, -0.1) is 0 Å². The van der Waals surface area contributed by atoms with Crippen LogP contribution in [0.1, 0.15) is 55.3 Å². The van der Waals surface area contributed by atoms with Crippen LogP contribution in [0.2, 0.25) is 0 Å². The van der Waals surface area contributed by atoms with Crippen LogP contribution in [0.15, 0.2) is 76.7 Å². The van der Waals surface area contributed by atoms with Gasteiger partial charge in [0.05, 0.1) is 9.79 Å². The summed E-state index contributed by atoms with van der Waals surface area (Å²) in [5.74, 6) is 2.26. The van der Waals surface area contributed by atoms with Gasteiger partial charge in [-0.05, 0) is 112 Å². The van der Waals surface area contributed by atoms with Crippen LogP contribution in [0.4, 0.5) is 5.69 Å². The number of likely N-dealkylation sites (tertiary alicyclic amines) is 1. The molecule has 1 atom stereocenters. The summed E-state index contributed by atoms with van der Waals surface area (Å²) in [5.41, 5.74) is 5.38. The number of aromatic nitrogens is 1. The molecule has 4 heterocycles. The van der Waals surface area contributed by atoms with E-state index in [1.165, 1.54) is 64.7 Å². The van der Waals surface area contributed by atoms with Gasteiger partial charge in [0, 0.05) is 61.6 Å². The van der Waals surface area contributed by atoms with Crippen molar-refractivity contribution in [2.24, 2.45) is 17.8 Å². The van der Waals surface area contributed by atoms with Gasteiger partial charge in [0.1, 0.15) is 0 Å². The second-order valence-electron chi connectivity index (χ2n) is 13.8. The molecule has 4 aliphatic rings. The van der Waals surface area contributed by atoms with Crippen LogP contribution >= 0.6 is 0 Å². The minimum absolute atomic E-state index is 0.300. The molecule has 1 aromatic heterocycles. The quantitative estimate of drug-likeness (QED) is 0.335. The Hall–Kier alpha value is -2.74. The molecule has 1 aliphatic carbocycles. The number of pyridine rings is 1. The summed E-state index contributed by atoms with van der Waals surface area (Å²) in [6.45, 7) is 9.80. The fourth-order valence-electron chi connectivity index (χ4n) is 9.01. The second-order valence-corrected chi connectivity index (χ2v) is 15.8. The Morgan fingerprint density at radius 1 is 0.884 bits per heavy atom. The fraction of sp³-hybridized carbons (Fsp3) is 0.528. The van der Waals surface area contributed by atoms with Gasteiger partial charge in [0.25, 0.3) is 0 Å². The van der Waals surface area contributed by atoms with E-state index < -0.39 is 9.84 Å². The van der Waals surface area contributed by atoms with Crippen molar-refractivity contribution >= 4 is 15.5 Å². The monoisotopic (exact) mass is 598 g/mol. The van der Waals surface area contributed by atoms with E-state index in [2.05, 4.69) is 51.0 Å². The molecular formula is C36H46N4O2S. The summed E-state index contributed by atoms with van der Waals surface area (Å²) in [6, 6.07) is 20.0. The normalized spacial score (nSPS) is 24.7. The zero-order chi connectivity index (χ0) is 29.6. The molecular weight excluding hydrogens is 552 g/mol. The summed E-state index contributed by atoms with van der Waals surface area (Å²) in [7, 11) is -1.19. The van der Waals surface area contributed by atoms with E-state index in [9.17, 15) is 8.42 Å². The van der Waals surface area contributed by atoms with E-state index in [1.54, 1.807) is 41.6 Å². The molecule has 7 heteroatoms. The number of piperidine rings is 1. The lowest BCUT2D eigenvalue weighted by Crippen LogP contribution is -2.56. The molecule has 3 fully saturated rings. The molecule has 0 bridgehead atoms. The van der Waals surface area contributed by atoms with Crippen LogP contribution in [-0.4, -0.2) is 69.5 Å². The van der Waals surface area contributed by atoms with Crippen molar-refractivity contribution < 1.29 is 8.42 Å². The van der Waals surface area contributed by atoms with Crippen LogP contribution in [0.25, 0.3) is 0 Å². The van der Waals surface area contributed by atoms with Crippen LogP contribution in [0.5, 0.6) is 0 Å². The van der Waals surface area contributed by atoms with Crippen molar-refractivity contribution in [3.8, 4) is 0 Å². The Balaban J connectivity index is 0.962. The largest absolute Gasteiger partial charge is 0.371 e. The van der Waals surface area contributed by atoms with Crippen molar-refractivity contribution in [1.29, 1.82) is 0 Å². The molecule has 1 unspecified atom stereocenters. The lowest BCUT2D eigenvalue weighted by atomic mass is 9.57. The van der Waals surface area contributed by atoms with Gasteiger partial charge < -0.3 is 14.7 Å². The van der Waals surface area contributed by atoms with Gasteiger partial charge in [-0.2, -0.15) is 0 Å². The van der Waals surface area contributed by atoms with E-state index in [0.717, 1.165) is 37.2 Å². The van der Waals surface area contributed by atoms with E-state index in [0.29, 0.717) is 26.8 Å². The van der Waals surface area contributed by atoms with Gasteiger partial charge in [-0.3, -0.25) is 4.98 Å². The van der Waals surface area contributed by atoms with E-state index >= 15 is 0 Å². The predicted octanol–water partition coefficient (Wildman–Crippen LogP) is 5.94. The molecule has 7 rings (SSSR count). The van der Waals surface area contributed by atoms with Crippen LogP contribution < -0.4 is 4.90 Å². The predicted molar refractivity (Wildman–Crippen MR) is 172 cm³/mol. The van der Waals surface area contributed by atoms with Crippen molar-refractivity contribution in [3.05, 3.63) is 83.7 Å². The third-order valence-corrected chi connectivity index (χ3v) is 12.8. The summed E-state index contributed by atoms with van der Waals surface area (Å²) in [5, 5.41) is 0. The molecule has 2 saturated heterocycles. The second kappa shape index (κ2) is 11.6. The number of nitrogens with zero attached hydrogens (tertiary/aromatic N) is 4. The number of likely N-dealkylation sites (N-methyl/N-ethyl adjacent to an activating group) is 1. The number of aryl methyl sites for hydroxylation is 1. The smallest absolute Gasteiger partial charge is 0.206 e. The van der Waals surface area contributed by atoms with Crippen LogP contribution in [0.3, 0.4) is 0 Å². The first kappa shape index (κ1) is 29.0. The standard InChI is InChI=1S/C36H46N4O2S/c1-27-21-34(15-18-37-27)43(41,42)33-13-11-32(12-14-33)40-23-28(24-40)22-39-19-16-31(17-20-39)36(30-8-4-5-9-30)26-38(2)25-29-7-3-6-10-35(29)36/h3,6-7,10-15,18,21,28,30-31H,4-5,8-9,16-17,19-20,22-26H2,1-2H3. The third kappa shape index (κ3) is 5.42. The number of anilines is 1. The molecule has 0 spiro atoms. The van der Waals surface area contributed by atoms with E-state index in [1.807, 2.05) is 19.1 Å². The fourth-order valence-corrected chi connectivity index (χ4v) is 10.3. The highest BCUT2D eigenvalue weighted by Crippen LogP contribution is 2.53. The van der Waals surface area contributed by atoms with Gasteiger partial charge in [0.15, 0.2) is 0 Å². The number of sulfone groups is 1. The first-order chi connectivity index (χ1) is 20.8. The molecule has 3 aromatic rings. The first-order valence-electron chi connectivity index (χ1n) is 16.3. The Morgan fingerprint density at radius 3 is 2.30 bits per heavy atom.